The van der Waals surface area contributed by atoms with Crippen LogP contribution in [0.5, 0.6) is 0 Å². The summed E-state index contributed by atoms with van der Waals surface area (Å²) in [7, 11) is 0. The lowest BCUT2D eigenvalue weighted by atomic mass is 10.1. The molecule has 0 N–H and O–H groups in total. The Kier molecular flexibility index (Phi) is 5.63. The number of benzene rings is 1. The summed E-state index contributed by atoms with van der Waals surface area (Å²) >= 11 is 0. The molecule has 0 aromatic heterocycles. The van der Waals surface area contributed by atoms with E-state index in [-0.39, 0.29) is 11.7 Å². The number of halogens is 1. The molecule has 4 nitrogen and oxygen atoms in total. The van der Waals surface area contributed by atoms with Crippen molar-refractivity contribution in [2.24, 2.45) is 10.9 Å². The fraction of sp³-hybridized carbons (Fsp3) is 0.500. The molecule has 1 amide bonds. The van der Waals surface area contributed by atoms with Crippen LogP contribution in [0.4, 0.5) is 4.39 Å². The van der Waals surface area contributed by atoms with Crippen LogP contribution in [-0.4, -0.2) is 60.7 Å². The first-order chi connectivity index (χ1) is 12.0. The summed E-state index contributed by atoms with van der Waals surface area (Å²) in [5.74, 6) is 0.313. The van der Waals surface area contributed by atoms with Crippen LogP contribution in [-0.2, 0) is 11.2 Å². The monoisotopic (exact) mass is 343 g/mol. The fourth-order valence-electron chi connectivity index (χ4n) is 3.24. The maximum absolute atomic E-state index is 12.9. The van der Waals surface area contributed by atoms with Gasteiger partial charge < -0.3 is 4.90 Å². The van der Waals surface area contributed by atoms with Crippen molar-refractivity contribution in [3.8, 4) is 0 Å². The van der Waals surface area contributed by atoms with Crippen molar-refractivity contribution in [1.82, 2.24) is 9.80 Å². The topological polar surface area (TPSA) is 35.9 Å². The summed E-state index contributed by atoms with van der Waals surface area (Å²) < 4.78 is 12.9. The van der Waals surface area contributed by atoms with Crippen LogP contribution in [0, 0.1) is 11.7 Å². The van der Waals surface area contributed by atoms with Crippen LogP contribution in [0.25, 0.3) is 0 Å². The molecule has 134 valence electrons. The van der Waals surface area contributed by atoms with Crippen LogP contribution >= 0.6 is 0 Å². The maximum Gasteiger partial charge on any atom is 0.251 e. The van der Waals surface area contributed by atoms with Gasteiger partial charge in [0.25, 0.3) is 5.91 Å². The molecule has 2 aliphatic heterocycles. The number of hydrogen-bond acceptors (Lipinski definition) is 3. The largest absolute Gasteiger partial charge is 0.336 e. The molecule has 0 saturated carbocycles. The number of piperazine rings is 1. The molecule has 25 heavy (non-hydrogen) atoms. The number of aliphatic imine (C=N–C) groups is 1. The van der Waals surface area contributed by atoms with E-state index in [9.17, 15) is 9.18 Å². The lowest BCUT2D eigenvalue weighted by molar-refractivity contribution is -0.128. The number of allylic oxidation sites excluding steroid dienone is 1. The molecule has 5 heteroatoms. The number of amides is 1. The van der Waals surface area contributed by atoms with E-state index < -0.39 is 0 Å². The Morgan fingerprint density at radius 3 is 2.44 bits per heavy atom. The van der Waals surface area contributed by atoms with Crippen LogP contribution in [0.3, 0.4) is 0 Å². The van der Waals surface area contributed by atoms with E-state index >= 15 is 0 Å². The molecule has 0 unspecified atom stereocenters. The SMILES string of the molecule is CC(C)C1=NCC(C(=O)N2CCN(CCc3ccc(F)cc3)CC2)=C1. The molecule has 0 radical (unpaired) electrons. The van der Waals surface area contributed by atoms with Gasteiger partial charge in [-0.25, -0.2) is 4.39 Å². The molecule has 1 aromatic rings. The Balaban J connectivity index is 1.45. The normalized spacial score (nSPS) is 18.5. The first-order valence-corrected chi connectivity index (χ1v) is 9.04. The number of carbonyl (C=O) groups is 1. The zero-order chi connectivity index (χ0) is 17.8. The number of hydrogen-bond donors (Lipinski definition) is 0. The molecule has 1 aromatic carbocycles. The van der Waals surface area contributed by atoms with Crippen molar-refractivity contribution in [3.63, 3.8) is 0 Å². The van der Waals surface area contributed by atoms with Gasteiger partial charge in [-0.3, -0.25) is 14.7 Å². The van der Waals surface area contributed by atoms with Crippen LogP contribution < -0.4 is 0 Å². The van der Waals surface area contributed by atoms with Gasteiger partial charge in [-0.15, -0.1) is 0 Å². The minimum Gasteiger partial charge on any atom is -0.336 e. The Bertz CT molecular complexity index is 671. The number of rotatable bonds is 5. The van der Waals surface area contributed by atoms with Gasteiger partial charge in [0.2, 0.25) is 0 Å². The Hall–Kier alpha value is -2.01. The summed E-state index contributed by atoms with van der Waals surface area (Å²) in [6.45, 7) is 8.96. The highest BCUT2D eigenvalue weighted by Crippen LogP contribution is 2.15. The highest BCUT2D eigenvalue weighted by atomic mass is 19.1. The van der Waals surface area contributed by atoms with Crippen molar-refractivity contribution in [2.75, 3.05) is 39.3 Å². The van der Waals surface area contributed by atoms with Crippen molar-refractivity contribution < 1.29 is 9.18 Å². The summed E-state index contributed by atoms with van der Waals surface area (Å²) in [4.78, 5) is 21.4. The van der Waals surface area contributed by atoms with E-state index in [1.54, 1.807) is 0 Å². The molecule has 0 aliphatic carbocycles. The van der Waals surface area contributed by atoms with Crippen molar-refractivity contribution in [2.45, 2.75) is 20.3 Å². The maximum atomic E-state index is 12.9. The van der Waals surface area contributed by atoms with E-state index in [0.717, 1.165) is 56.0 Å². The molecule has 0 atom stereocenters. The van der Waals surface area contributed by atoms with Crippen LogP contribution in [0.2, 0.25) is 0 Å². The van der Waals surface area contributed by atoms with E-state index in [1.165, 1.54) is 12.1 Å². The minimum absolute atomic E-state index is 0.137. The zero-order valence-corrected chi connectivity index (χ0v) is 15.0. The standard InChI is InChI=1S/C20H26FN3O/c1-15(2)19-13-17(14-22-19)20(25)24-11-9-23(10-12-24)8-7-16-3-5-18(21)6-4-16/h3-6,13,15H,7-12,14H2,1-2H3. The van der Waals surface area contributed by atoms with Crippen molar-refractivity contribution in [1.29, 1.82) is 0 Å². The quantitative estimate of drug-likeness (QED) is 0.824. The van der Waals surface area contributed by atoms with Gasteiger partial charge in [-0.1, -0.05) is 26.0 Å². The average molecular weight is 343 g/mol. The van der Waals surface area contributed by atoms with Crippen LogP contribution in [0.15, 0.2) is 40.9 Å². The average Bonchev–Trinajstić information content (AvgIpc) is 3.11. The molecule has 1 fully saturated rings. The molecule has 1 saturated heterocycles. The third kappa shape index (κ3) is 4.54. The summed E-state index contributed by atoms with van der Waals surface area (Å²) in [5.41, 5.74) is 3.00. The van der Waals surface area contributed by atoms with Crippen molar-refractivity contribution in [3.05, 3.63) is 47.3 Å². The van der Waals surface area contributed by atoms with Gasteiger partial charge in [-0.2, -0.15) is 0 Å². The van der Waals surface area contributed by atoms with E-state index in [1.807, 2.05) is 23.1 Å². The highest BCUT2D eigenvalue weighted by molar-refractivity contribution is 6.07. The number of nitrogens with zero attached hydrogens (tertiary/aromatic N) is 3. The second-order valence-corrected chi connectivity index (χ2v) is 7.08. The minimum atomic E-state index is -0.193. The van der Waals surface area contributed by atoms with E-state index in [2.05, 4.69) is 23.7 Å². The molecule has 0 spiro atoms. The highest BCUT2D eigenvalue weighted by Gasteiger charge is 2.25. The van der Waals surface area contributed by atoms with Crippen LogP contribution in [0.1, 0.15) is 19.4 Å². The second-order valence-electron chi connectivity index (χ2n) is 7.08. The molecule has 2 aliphatic rings. The summed E-state index contributed by atoms with van der Waals surface area (Å²) in [5, 5.41) is 0. The summed E-state index contributed by atoms with van der Waals surface area (Å²) in [6, 6.07) is 6.70. The Morgan fingerprint density at radius 2 is 1.84 bits per heavy atom. The molecule has 2 heterocycles. The fourth-order valence-corrected chi connectivity index (χ4v) is 3.24. The third-order valence-electron chi connectivity index (χ3n) is 4.91. The van der Waals surface area contributed by atoms with Gasteiger partial charge in [0.05, 0.1) is 6.54 Å². The molecular weight excluding hydrogens is 317 g/mol. The molecule has 0 bridgehead atoms. The van der Waals surface area contributed by atoms with E-state index in [0.29, 0.717) is 12.5 Å². The second kappa shape index (κ2) is 7.91. The predicted molar refractivity (Wildman–Crippen MR) is 98.3 cm³/mol. The predicted octanol–water partition coefficient (Wildman–Crippen LogP) is 2.55. The zero-order valence-electron chi connectivity index (χ0n) is 15.0. The first kappa shape index (κ1) is 17.8. The van der Waals surface area contributed by atoms with E-state index in [4.69, 9.17) is 0 Å². The van der Waals surface area contributed by atoms with Gasteiger partial charge in [-0.05, 0) is 36.1 Å². The third-order valence-corrected chi connectivity index (χ3v) is 4.91. The smallest absolute Gasteiger partial charge is 0.251 e. The first-order valence-electron chi connectivity index (χ1n) is 9.04. The Labute approximate surface area is 149 Å². The lowest BCUT2D eigenvalue weighted by Gasteiger charge is -2.35. The summed E-state index contributed by atoms with van der Waals surface area (Å²) in [6.07, 6.45) is 2.87. The lowest BCUT2D eigenvalue weighted by Crippen LogP contribution is -2.49. The molecule has 3 rings (SSSR count). The van der Waals surface area contributed by atoms with Gasteiger partial charge in [0.1, 0.15) is 5.82 Å². The van der Waals surface area contributed by atoms with Crippen molar-refractivity contribution >= 4 is 11.6 Å². The van der Waals surface area contributed by atoms with Gasteiger partial charge in [0.15, 0.2) is 0 Å². The van der Waals surface area contributed by atoms with Gasteiger partial charge >= 0.3 is 0 Å². The Morgan fingerprint density at radius 1 is 1.16 bits per heavy atom. The molecular formula is C20H26FN3O. The number of carbonyl (C=O) groups excluding carboxylic acids is 1. The van der Waals surface area contributed by atoms with Gasteiger partial charge in [0, 0.05) is 44.0 Å².